The molecule has 2 atom stereocenters. The summed E-state index contributed by atoms with van der Waals surface area (Å²) in [6.45, 7) is 0. The van der Waals surface area contributed by atoms with E-state index in [1.807, 2.05) is 66.7 Å². The smallest absolute Gasteiger partial charge is 0.217 e. The van der Waals surface area contributed by atoms with Crippen molar-refractivity contribution in [3.05, 3.63) is 102 Å². The third-order valence-electron chi connectivity index (χ3n) is 4.91. The Kier molecular flexibility index (Phi) is 4.72. The predicted molar refractivity (Wildman–Crippen MR) is 107 cm³/mol. The zero-order valence-electron chi connectivity index (χ0n) is 15.4. The summed E-state index contributed by atoms with van der Waals surface area (Å²) in [7, 11) is 1.54. The fraction of sp³-hybridized carbons (Fsp3) is 0.125. The van der Waals surface area contributed by atoms with Gasteiger partial charge in [0, 0.05) is 11.1 Å². The second-order valence-corrected chi connectivity index (χ2v) is 6.62. The van der Waals surface area contributed by atoms with Gasteiger partial charge in [-0.05, 0) is 29.8 Å². The first-order valence-corrected chi connectivity index (χ1v) is 9.03. The second-order valence-electron chi connectivity index (χ2n) is 6.62. The topological polar surface area (TPSA) is 55.8 Å². The van der Waals surface area contributed by atoms with Gasteiger partial charge >= 0.3 is 0 Å². The third-order valence-corrected chi connectivity index (χ3v) is 4.91. The lowest BCUT2D eigenvalue weighted by molar-refractivity contribution is -0.143. The molecule has 1 N–H and O–H groups in total. The highest BCUT2D eigenvalue weighted by Gasteiger charge is 2.48. The monoisotopic (exact) mass is 372 g/mol. The van der Waals surface area contributed by atoms with Crippen LogP contribution in [0.15, 0.2) is 84.9 Å². The molecule has 3 aromatic carbocycles. The molecule has 0 saturated heterocycles. The van der Waals surface area contributed by atoms with Gasteiger partial charge in [0.25, 0.3) is 0 Å². The molecule has 0 aromatic heterocycles. The highest BCUT2D eigenvalue weighted by molar-refractivity contribution is 5.97. The molecule has 4 rings (SSSR count). The Morgan fingerprint density at radius 3 is 2.36 bits per heavy atom. The lowest BCUT2D eigenvalue weighted by Gasteiger charge is -2.37. The first-order chi connectivity index (χ1) is 13.6. The summed E-state index contributed by atoms with van der Waals surface area (Å²) in [4.78, 5) is 13.4. The number of carbonyl (C=O) groups excluding carboxylic acids is 1. The Morgan fingerprint density at radius 2 is 1.68 bits per heavy atom. The fourth-order valence-corrected chi connectivity index (χ4v) is 3.41. The molecule has 0 saturated carbocycles. The molecule has 4 nitrogen and oxygen atoms in total. The number of carbonyl (C=O) groups is 1. The Morgan fingerprint density at radius 1 is 1.00 bits per heavy atom. The van der Waals surface area contributed by atoms with E-state index in [0.29, 0.717) is 22.6 Å². The van der Waals surface area contributed by atoms with Crippen LogP contribution in [0.5, 0.6) is 11.5 Å². The Balaban J connectivity index is 1.86. The van der Waals surface area contributed by atoms with Crippen molar-refractivity contribution in [2.75, 3.05) is 7.11 Å². The molecule has 0 spiro atoms. The highest BCUT2D eigenvalue weighted by Crippen LogP contribution is 2.44. The molecule has 4 heteroatoms. The molecular formula is C24H20O4. The summed E-state index contributed by atoms with van der Waals surface area (Å²) in [5, 5.41) is 10.8. The maximum Gasteiger partial charge on any atom is 0.217 e. The minimum absolute atomic E-state index is 0.406. The molecule has 3 aromatic rings. The lowest BCUT2D eigenvalue weighted by Crippen LogP contribution is -2.46. The average Bonchev–Trinajstić information content (AvgIpc) is 2.76. The van der Waals surface area contributed by atoms with Crippen LogP contribution in [0, 0.1) is 0 Å². The maximum absolute atomic E-state index is 13.4. The fourth-order valence-electron chi connectivity index (χ4n) is 3.41. The molecule has 0 bridgehead atoms. The molecular weight excluding hydrogens is 352 g/mol. The summed E-state index contributed by atoms with van der Waals surface area (Å²) in [5.74, 6) is 0.572. The van der Waals surface area contributed by atoms with Gasteiger partial charge in [0.05, 0.1) is 7.11 Å². The Hall–Kier alpha value is -3.37. The Labute approximate surface area is 163 Å². The number of Topliss-reactive ketones (excluding diaryl/α,β-unsaturated/α-hetero) is 1. The van der Waals surface area contributed by atoms with Crippen molar-refractivity contribution in [1.82, 2.24) is 0 Å². The molecule has 1 aliphatic rings. The van der Waals surface area contributed by atoms with E-state index in [4.69, 9.17) is 9.47 Å². The minimum Gasteiger partial charge on any atom is -0.497 e. The molecule has 0 radical (unpaired) electrons. The highest BCUT2D eigenvalue weighted by atomic mass is 16.5. The van der Waals surface area contributed by atoms with E-state index in [1.165, 1.54) is 7.11 Å². The van der Waals surface area contributed by atoms with E-state index in [1.54, 1.807) is 24.3 Å². The maximum atomic E-state index is 13.4. The SMILES string of the molecule is COc1ccc2c(c1)C(O)C(=O)[C@](C=Cc1ccccc1)(c1ccccc1)O2. The minimum atomic E-state index is -1.42. The van der Waals surface area contributed by atoms with Crippen LogP contribution in [0.2, 0.25) is 0 Å². The van der Waals surface area contributed by atoms with E-state index in [9.17, 15) is 9.90 Å². The molecule has 0 amide bonds. The largest absolute Gasteiger partial charge is 0.497 e. The van der Waals surface area contributed by atoms with Crippen molar-refractivity contribution in [1.29, 1.82) is 0 Å². The number of hydrogen-bond donors (Lipinski definition) is 1. The van der Waals surface area contributed by atoms with E-state index in [-0.39, 0.29) is 0 Å². The number of ketones is 1. The van der Waals surface area contributed by atoms with Crippen molar-refractivity contribution in [2.24, 2.45) is 0 Å². The number of fused-ring (bicyclic) bond motifs is 1. The normalized spacial score (nSPS) is 21.2. The van der Waals surface area contributed by atoms with Crippen LogP contribution in [0.1, 0.15) is 22.8 Å². The average molecular weight is 372 g/mol. The number of benzene rings is 3. The summed E-state index contributed by atoms with van der Waals surface area (Å²) >= 11 is 0. The van der Waals surface area contributed by atoms with Gasteiger partial charge in [0.1, 0.15) is 17.6 Å². The van der Waals surface area contributed by atoms with Crippen molar-refractivity contribution in [3.8, 4) is 11.5 Å². The van der Waals surface area contributed by atoms with Crippen LogP contribution in [0.4, 0.5) is 0 Å². The molecule has 1 aliphatic heterocycles. The molecule has 28 heavy (non-hydrogen) atoms. The van der Waals surface area contributed by atoms with Crippen LogP contribution in [-0.4, -0.2) is 18.0 Å². The number of aliphatic hydroxyl groups is 1. The van der Waals surface area contributed by atoms with E-state index >= 15 is 0 Å². The number of aliphatic hydroxyl groups excluding tert-OH is 1. The van der Waals surface area contributed by atoms with Crippen molar-refractivity contribution in [3.63, 3.8) is 0 Å². The summed E-state index contributed by atoms with van der Waals surface area (Å²) in [6.07, 6.45) is 2.24. The summed E-state index contributed by atoms with van der Waals surface area (Å²) < 4.78 is 11.5. The van der Waals surface area contributed by atoms with Crippen LogP contribution in [0.3, 0.4) is 0 Å². The van der Waals surface area contributed by atoms with Gasteiger partial charge in [-0.25, -0.2) is 0 Å². The van der Waals surface area contributed by atoms with Gasteiger partial charge < -0.3 is 14.6 Å². The van der Waals surface area contributed by atoms with Crippen LogP contribution in [-0.2, 0) is 10.4 Å². The van der Waals surface area contributed by atoms with Crippen LogP contribution < -0.4 is 9.47 Å². The summed E-state index contributed by atoms with van der Waals surface area (Å²) in [6, 6.07) is 24.0. The van der Waals surface area contributed by atoms with Crippen LogP contribution >= 0.6 is 0 Å². The van der Waals surface area contributed by atoms with Gasteiger partial charge in [-0.3, -0.25) is 4.79 Å². The standard InChI is InChI=1S/C24H20O4/c1-27-19-12-13-21-20(16-19)22(25)23(26)24(28-21,18-10-6-3-7-11-18)15-14-17-8-4-2-5-9-17/h2-16,22,25H,1H3/t22?,24-/m0/s1. The Bertz CT molecular complexity index is 1010. The lowest BCUT2D eigenvalue weighted by atomic mass is 9.81. The van der Waals surface area contributed by atoms with Crippen molar-refractivity contribution < 1.29 is 19.4 Å². The number of ether oxygens (including phenoxy) is 2. The van der Waals surface area contributed by atoms with E-state index < -0.39 is 17.5 Å². The number of hydrogen-bond acceptors (Lipinski definition) is 4. The predicted octanol–water partition coefficient (Wildman–Crippen LogP) is 4.30. The third kappa shape index (κ3) is 3.08. The zero-order chi connectivity index (χ0) is 19.6. The first kappa shape index (κ1) is 18.0. The summed E-state index contributed by atoms with van der Waals surface area (Å²) in [5.41, 5.74) is 0.582. The molecule has 1 heterocycles. The molecule has 140 valence electrons. The van der Waals surface area contributed by atoms with Crippen molar-refractivity contribution in [2.45, 2.75) is 11.7 Å². The van der Waals surface area contributed by atoms with Crippen molar-refractivity contribution >= 4 is 11.9 Å². The van der Waals surface area contributed by atoms with Gasteiger partial charge in [-0.15, -0.1) is 0 Å². The number of methoxy groups -OCH3 is 1. The number of rotatable bonds is 4. The van der Waals surface area contributed by atoms with Crippen LogP contribution in [0.25, 0.3) is 6.08 Å². The second kappa shape index (κ2) is 7.33. The molecule has 1 unspecified atom stereocenters. The van der Waals surface area contributed by atoms with Gasteiger partial charge in [0.15, 0.2) is 0 Å². The van der Waals surface area contributed by atoms with Gasteiger partial charge in [-0.2, -0.15) is 0 Å². The van der Waals surface area contributed by atoms with Gasteiger partial charge in [-0.1, -0.05) is 66.7 Å². The van der Waals surface area contributed by atoms with E-state index in [0.717, 1.165) is 5.56 Å². The molecule has 0 fully saturated rings. The van der Waals surface area contributed by atoms with Gasteiger partial charge in [0.2, 0.25) is 11.4 Å². The zero-order valence-corrected chi connectivity index (χ0v) is 15.4. The van der Waals surface area contributed by atoms with E-state index in [2.05, 4.69) is 0 Å². The quantitative estimate of drug-likeness (QED) is 0.742. The molecule has 0 aliphatic carbocycles. The first-order valence-electron chi connectivity index (χ1n) is 9.03.